The lowest BCUT2D eigenvalue weighted by Gasteiger charge is -2.19. The van der Waals surface area contributed by atoms with Gasteiger partial charge in [0.15, 0.2) is 5.69 Å². The van der Waals surface area contributed by atoms with E-state index in [2.05, 4.69) is 5.10 Å². The number of carbonyl (C=O) groups excluding carboxylic acids is 1. The number of aromatic nitrogens is 2. The summed E-state index contributed by atoms with van der Waals surface area (Å²) in [5.41, 5.74) is 1.41. The van der Waals surface area contributed by atoms with E-state index < -0.39 is 23.3 Å². The number of anilines is 1. The van der Waals surface area contributed by atoms with Gasteiger partial charge in [0.25, 0.3) is 5.91 Å². The van der Waals surface area contributed by atoms with Crippen LogP contribution in [-0.2, 0) is 12.7 Å². The molecule has 5 nitrogen and oxygen atoms in total. The fourth-order valence-electron chi connectivity index (χ4n) is 3.11. The van der Waals surface area contributed by atoms with E-state index in [9.17, 15) is 18.0 Å². The van der Waals surface area contributed by atoms with Crippen LogP contribution < -0.4 is 4.90 Å². The summed E-state index contributed by atoms with van der Waals surface area (Å²) in [5.74, 6) is -0.739. The first-order chi connectivity index (χ1) is 14.1. The lowest BCUT2D eigenvalue weighted by Crippen LogP contribution is -2.28. The standard InChI is InChI=1S/C22H23F3N4O/c1-15-5-9-18(10-6-15)29-20(22(23,24)25)19(13-26-29)21(30)28(4)14-16-7-11-17(12-8-16)27(2)3/h5-13H,14H2,1-4H3. The van der Waals surface area contributed by atoms with Gasteiger partial charge in [0.05, 0.1) is 17.4 Å². The molecule has 0 aliphatic carbocycles. The lowest BCUT2D eigenvalue weighted by atomic mass is 10.1. The van der Waals surface area contributed by atoms with Gasteiger partial charge in [-0.25, -0.2) is 4.68 Å². The van der Waals surface area contributed by atoms with Crippen molar-refractivity contribution in [1.29, 1.82) is 0 Å². The van der Waals surface area contributed by atoms with Crippen molar-refractivity contribution in [3.05, 3.63) is 77.1 Å². The van der Waals surface area contributed by atoms with Gasteiger partial charge in [0.2, 0.25) is 0 Å². The minimum Gasteiger partial charge on any atom is -0.378 e. The molecular formula is C22H23F3N4O. The molecule has 0 N–H and O–H groups in total. The van der Waals surface area contributed by atoms with Gasteiger partial charge in [-0.05, 0) is 36.8 Å². The zero-order chi connectivity index (χ0) is 22.1. The van der Waals surface area contributed by atoms with Crippen molar-refractivity contribution in [2.24, 2.45) is 0 Å². The second kappa shape index (κ2) is 8.22. The van der Waals surface area contributed by atoms with Crippen molar-refractivity contribution in [3.8, 4) is 5.69 Å². The van der Waals surface area contributed by atoms with E-state index in [0.717, 1.165) is 27.7 Å². The number of hydrogen-bond acceptors (Lipinski definition) is 3. The summed E-state index contributed by atoms with van der Waals surface area (Å²) in [6.45, 7) is 2.02. The first kappa shape index (κ1) is 21.4. The summed E-state index contributed by atoms with van der Waals surface area (Å²) in [6.07, 6.45) is -3.75. The number of aryl methyl sites for hydroxylation is 1. The molecule has 1 heterocycles. The minimum absolute atomic E-state index is 0.180. The Morgan fingerprint density at radius 2 is 1.60 bits per heavy atom. The smallest absolute Gasteiger partial charge is 0.378 e. The fraction of sp³-hybridized carbons (Fsp3) is 0.273. The largest absolute Gasteiger partial charge is 0.434 e. The molecule has 2 aromatic carbocycles. The van der Waals surface area contributed by atoms with Gasteiger partial charge in [-0.2, -0.15) is 18.3 Å². The van der Waals surface area contributed by atoms with Crippen LogP contribution in [0.3, 0.4) is 0 Å². The zero-order valence-electron chi connectivity index (χ0n) is 17.2. The number of alkyl halides is 3. The quantitative estimate of drug-likeness (QED) is 0.613. The van der Waals surface area contributed by atoms with Crippen molar-refractivity contribution in [3.63, 3.8) is 0 Å². The van der Waals surface area contributed by atoms with E-state index in [1.54, 1.807) is 24.3 Å². The van der Waals surface area contributed by atoms with Crippen LogP contribution in [0.5, 0.6) is 0 Å². The molecule has 0 radical (unpaired) electrons. The van der Waals surface area contributed by atoms with Crippen molar-refractivity contribution >= 4 is 11.6 Å². The fourth-order valence-corrected chi connectivity index (χ4v) is 3.11. The molecule has 3 aromatic rings. The molecule has 0 aliphatic rings. The highest BCUT2D eigenvalue weighted by atomic mass is 19.4. The van der Waals surface area contributed by atoms with Gasteiger partial charge in [-0.1, -0.05) is 29.8 Å². The first-order valence-corrected chi connectivity index (χ1v) is 9.32. The number of benzene rings is 2. The molecule has 0 fully saturated rings. The third-order valence-corrected chi connectivity index (χ3v) is 4.77. The summed E-state index contributed by atoms with van der Waals surface area (Å²) in [4.78, 5) is 16.1. The van der Waals surface area contributed by atoms with E-state index in [-0.39, 0.29) is 12.2 Å². The summed E-state index contributed by atoms with van der Waals surface area (Å²) < 4.78 is 42.3. The normalized spacial score (nSPS) is 11.4. The molecule has 0 atom stereocenters. The van der Waals surface area contributed by atoms with Crippen LogP contribution in [0.25, 0.3) is 5.69 Å². The Balaban J connectivity index is 1.90. The Kier molecular flexibility index (Phi) is 5.87. The maximum absolute atomic E-state index is 13.8. The van der Waals surface area contributed by atoms with Crippen LogP contribution in [0, 0.1) is 6.92 Å². The number of hydrogen-bond donors (Lipinski definition) is 0. The van der Waals surface area contributed by atoms with Crippen molar-refractivity contribution < 1.29 is 18.0 Å². The molecule has 0 unspecified atom stereocenters. The van der Waals surface area contributed by atoms with Crippen molar-refractivity contribution in [1.82, 2.24) is 14.7 Å². The highest BCUT2D eigenvalue weighted by Gasteiger charge is 2.41. The number of nitrogens with zero attached hydrogens (tertiary/aromatic N) is 4. The number of carbonyl (C=O) groups is 1. The Hall–Kier alpha value is -3.29. The third-order valence-electron chi connectivity index (χ3n) is 4.77. The highest BCUT2D eigenvalue weighted by molar-refractivity contribution is 5.95. The van der Waals surface area contributed by atoms with Crippen LogP contribution in [0.1, 0.15) is 27.2 Å². The Morgan fingerprint density at radius 1 is 1.00 bits per heavy atom. The SMILES string of the molecule is Cc1ccc(-n2ncc(C(=O)N(C)Cc3ccc(N(C)C)cc3)c2C(F)(F)F)cc1. The first-order valence-electron chi connectivity index (χ1n) is 9.32. The van der Waals surface area contributed by atoms with Gasteiger partial charge < -0.3 is 9.80 Å². The molecule has 0 saturated heterocycles. The summed E-state index contributed by atoms with van der Waals surface area (Å²) in [6, 6.07) is 14.0. The van der Waals surface area contributed by atoms with Crippen LogP contribution in [-0.4, -0.2) is 41.7 Å². The maximum atomic E-state index is 13.8. The second-order valence-corrected chi connectivity index (χ2v) is 7.37. The molecule has 1 amide bonds. The van der Waals surface area contributed by atoms with Gasteiger partial charge in [-0.15, -0.1) is 0 Å². The van der Waals surface area contributed by atoms with Crippen LogP contribution in [0.15, 0.2) is 54.7 Å². The molecular weight excluding hydrogens is 393 g/mol. The number of amides is 1. The topological polar surface area (TPSA) is 41.4 Å². The van der Waals surface area contributed by atoms with E-state index in [0.29, 0.717) is 0 Å². The van der Waals surface area contributed by atoms with E-state index in [1.165, 1.54) is 11.9 Å². The summed E-state index contributed by atoms with van der Waals surface area (Å²) >= 11 is 0. The lowest BCUT2D eigenvalue weighted by molar-refractivity contribution is -0.143. The molecule has 0 spiro atoms. The van der Waals surface area contributed by atoms with Crippen molar-refractivity contribution in [2.75, 3.05) is 26.0 Å². The van der Waals surface area contributed by atoms with Crippen LogP contribution in [0.4, 0.5) is 18.9 Å². The number of rotatable bonds is 5. The Labute approximate surface area is 173 Å². The number of halogens is 3. The second-order valence-electron chi connectivity index (χ2n) is 7.37. The molecule has 30 heavy (non-hydrogen) atoms. The average molecular weight is 416 g/mol. The van der Waals surface area contributed by atoms with Gasteiger partial charge in [0, 0.05) is 33.4 Å². The monoisotopic (exact) mass is 416 g/mol. The van der Waals surface area contributed by atoms with E-state index >= 15 is 0 Å². The molecule has 3 rings (SSSR count). The molecule has 1 aromatic heterocycles. The predicted molar refractivity (Wildman–Crippen MR) is 110 cm³/mol. The van der Waals surface area contributed by atoms with Gasteiger partial charge in [-0.3, -0.25) is 4.79 Å². The van der Waals surface area contributed by atoms with E-state index in [4.69, 9.17) is 0 Å². The molecule has 158 valence electrons. The molecule has 0 aliphatic heterocycles. The average Bonchev–Trinajstić information content (AvgIpc) is 3.14. The highest BCUT2D eigenvalue weighted by Crippen LogP contribution is 2.34. The third kappa shape index (κ3) is 4.48. The predicted octanol–water partition coefficient (Wildman–Crippen LogP) is 4.54. The van der Waals surface area contributed by atoms with Gasteiger partial charge >= 0.3 is 6.18 Å². The van der Waals surface area contributed by atoms with Gasteiger partial charge in [0.1, 0.15) is 0 Å². The summed E-state index contributed by atoms with van der Waals surface area (Å²) in [7, 11) is 5.30. The Bertz CT molecular complexity index is 1020. The zero-order valence-corrected chi connectivity index (χ0v) is 17.2. The maximum Gasteiger partial charge on any atom is 0.434 e. The van der Waals surface area contributed by atoms with Crippen LogP contribution >= 0.6 is 0 Å². The van der Waals surface area contributed by atoms with Crippen molar-refractivity contribution in [2.45, 2.75) is 19.6 Å². The Morgan fingerprint density at radius 3 is 2.13 bits per heavy atom. The summed E-state index contributed by atoms with van der Waals surface area (Å²) in [5, 5.41) is 3.87. The molecule has 0 bridgehead atoms. The minimum atomic E-state index is -4.74. The molecule has 8 heteroatoms. The van der Waals surface area contributed by atoms with Crippen LogP contribution in [0.2, 0.25) is 0 Å². The molecule has 0 saturated carbocycles. The van der Waals surface area contributed by atoms with E-state index in [1.807, 2.05) is 50.2 Å².